The number of ether oxygens (including phenoxy) is 2. The summed E-state index contributed by atoms with van der Waals surface area (Å²) in [6, 6.07) is 5.58. The summed E-state index contributed by atoms with van der Waals surface area (Å²) in [5, 5.41) is 13.9. The van der Waals surface area contributed by atoms with Gasteiger partial charge in [0.15, 0.2) is 11.5 Å². The summed E-state index contributed by atoms with van der Waals surface area (Å²) in [6.07, 6.45) is 0.306. The molecule has 114 valence electrons. The second kappa shape index (κ2) is 8.12. The van der Waals surface area contributed by atoms with Crippen LogP contribution in [-0.2, 0) is 0 Å². The zero-order valence-electron chi connectivity index (χ0n) is 13.1. The second-order valence-corrected chi connectivity index (χ2v) is 5.38. The Bertz CT molecular complexity index is 407. The zero-order valence-corrected chi connectivity index (χ0v) is 13.1. The van der Waals surface area contributed by atoms with Gasteiger partial charge in [0.05, 0.1) is 20.3 Å². The molecule has 0 radical (unpaired) electrons. The molecule has 0 spiro atoms. The summed E-state index contributed by atoms with van der Waals surface area (Å²) in [7, 11) is 3.20. The minimum atomic E-state index is -0.557. The highest BCUT2D eigenvalue weighted by Crippen LogP contribution is 2.31. The van der Waals surface area contributed by atoms with Crippen molar-refractivity contribution in [2.75, 3.05) is 20.8 Å². The van der Waals surface area contributed by atoms with E-state index in [0.29, 0.717) is 17.4 Å². The van der Waals surface area contributed by atoms with Gasteiger partial charge in [0.25, 0.3) is 0 Å². The molecule has 1 aromatic rings. The molecule has 2 N–H and O–H groups in total. The van der Waals surface area contributed by atoms with Gasteiger partial charge >= 0.3 is 0 Å². The van der Waals surface area contributed by atoms with E-state index in [0.717, 1.165) is 18.5 Å². The van der Waals surface area contributed by atoms with Gasteiger partial charge in [0.1, 0.15) is 0 Å². The summed E-state index contributed by atoms with van der Waals surface area (Å²) in [5.41, 5.74) is 0.839. The Balaban J connectivity index is 2.86. The van der Waals surface area contributed by atoms with Gasteiger partial charge in [0, 0.05) is 6.04 Å². The van der Waals surface area contributed by atoms with E-state index in [-0.39, 0.29) is 6.04 Å². The third-order valence-corrected chi connectivity index (χ3v) is 3.36. The number of benzene rings is 1. The van der Waals surface area contributed by atoms with Crippen LogP contribution in [0.15, 0.2) is 18.2 Å². The third kappa shape index (κ3) is 4.39. The largest absolute Gasteiger partial charge is 0.493 e. The van der Waals surface area contributed by atoms with Gasteiger partial charge < -0.3 is 19.9 Å². The second-order valence-electron chi connectivity index (χ2n) is 5.38. The molecule has 20 heavy (non-hydrogen) atoms. The van der Waals surface area contributed by atoms with Crippen LogP contribution in [-0.4, -0.2) is 31.9 Å². The summed E-state index contributed by atoms with van der Waals surface area (Å²) in [5.74, 6) is 1.87. The van der Waals surface area contributed by atoms with Crippen molar-refractivity contribution in [3.05, 3.63) is 23.8 Å². The normalized spacial score (nSPS) is 14.2. The number of aliphatic hydroxyl groups is 1. The Morgan fingerprint density at radius 3 is 2.30 bits per heavy atom. The van der Waals surface area contributed by atoms with Gasteiger partial charge in [-0.25, -0.2) is 0 Å². The first-order valence-corrected chi connectivity index (χ1v) is 7.16. The van der Waals surface area contributed by atoms with E-state index in [1.165, 1.54) is 0 Å². The maximum absolute atomic E-state index is 10.5. The lowest BCUT2D eigenvalue weighted by Crippen LogP contribution is -2.36. The van der Waals surface area contributed by atoms with E-state index in [1.54, 1.807) is 14.2 Å². The standard InChI is InChI=1S/C16H27NO3/c1-6-13(17-10-11(2)3)16(18)12-7-8-14(19-4)15(9-12)20-5/h7-9,11,13,16-18H,6,10H2,1-5H3. The SMILES string of the molecule is CCC(NCC(C)C)C(O)c1ccc(OC)c(OC)c1. The van der Waals surface area contributed by atoms with Gasteiger partial charge in [-0.15, -0.1) is 0 Å². The first kappa shape index (κ1) is 16.8. The van der Waals surface area contributed by atoms with Crippen molar-refractivity contribution in [2.24, 2.45) is 5.92 Å². The third-order valence-electron chi connectivity index (χ3n) is 3.36. The van der Waals surface area contributed by atoms with Crippen LogP contribution in [0.2, 0.25) is 0 Å². The molecule has 0 saturated heterocycles. The van der Waals surface area contributed by atoms with Crippen molar-refractivity contribution in [1.82, 2.24) is 5.32 Å². The van der Waals surface area contributed by atoms with Crippen LogP contribution >= 0.6 is 0 Å². The van der Waals surface area contributed by atoms with E-state index in [9.17, 15) is 5.11 Å². The molecule has 4 nitrogen and oxygen atoms in total. The summed E-state index contributed by atoms with van der Waals surface area (Å²) >= 11 is 0. The lowest BCUT2D eigenvalue weighted by atomic mass is 9.99. The average molecular weight is 281 g/mol. The van der Waals surface area contributed by atoms with Crippen molar-refractivity contribution in [1.29, 1.82) is 0 Å². The van der Waals surface area contributed by atoms with Gasteiger partial charge in [-0.05, 0) is 36.6 Å². The van der Waals surface area contributed by atoms with E-state index in [2.05, 4.69) is 26.1 Å². The topological polar surface area (TPSA) is 50.7 Å². The highest BCUT2D eigenvalue weighted by atomic mass is 16.5. The van der Waals surface area contributed by atoms with E-state index in [4.69, 9.17) is 9.47 Å². The molecular weight excluding hydrogens is 254 g/mol. The highest BCUT2D eigenvalue weighted by molar-refractivity contribution is 5.43. The van der Waals surface area contributed by atoms with Crippen LogP contribution in [0.3, 0.4) is 0 Å². The number of hydrogen-bond acceptors (Lipinski definition) is 4. The van der Waals surface area contributed by atoms with Crippen LogP contribution < -0.4 is 14.8 Å². The molecule has 1 rings (SSSR count). The molecule has 0 bridgehead atoms. The molecule has 0 aliphatic carbocycles. The van der Waals surface area contributed by atoms with Crippen LogP contribution in [0.4, 0.5) is 0 Å². The van der Waals surface area contributed by atoms with Crippen LogP contribution in [0.1, 0.15) is 38.9 Å². The molecule has 2 atom stereocenters. The molecular formula is C16H27NO3. The van der Waals surface area contributed by atoms with Crippen molar-refractivity contribution in [3.8, 4) is 11.5 Å². The Kier molecular flexibility index (Phi) is 6.82. The molecule has 0 aliphatic heterocycles. The van der Waals surface area contributed by atoms with E-state index >= 15 is 0 Å². The van der Waals surface area contributed by atoms with Crippen LogP contribution in [0, 0.1) is 5.92 Å². The molecule has 4 heteroatoms. The fraction of sp³-hybridized carbons (Fsp3) is 0.625. The highest BCUT2D eigenvalue weighted by Gasteiger charge is 2.20. The molecule has 2 unspecified atom stereocenters. The minimum Gasteiger partial charge on any atom is -0.493 e. The molecule has 0 heterocycles. The fourth-order valence-corrected chi connectivity index (χ4v) is 2.14. The van der Waals surface area contributed by atoms with Gasteiger partial charge in [0.2, 0.25) is 0 Å². The van der Waals surface area contributed by atoms with Crippen molar-refractivity contribution >= 4 is 0 Å². The first-order chi connectivity index (χ1) is 9.53. The Morgan fingerprint density at radius 2 is 1.80 bits per heavy atom. The molecule has 1 aromatic carbocycles. The monoisotopic (exact) mass is 281 g/mol. The molecule has 0 fully saturated rings. The Hall–Kier alpha value is -1.26. The van der Waals surface area contributed by atoms with E-state index < -0.39 is 6.10 Å². The van der Waals surface area contributed by atoms with E-state index in [1.807, 2.05) is 18.2 Å². The number of rotatable bonds is 8. The lowest BCUT2D eigenvalue weighted by molar-refractivity contribution is 0.124. The van der Waals surface area contributed by atoms with Crippen LogP contribution in [0.5, 0.6) is 11.5 Å². The van der Waals surface area contributed by atoms with Gasteiger partial charge in [-0.2, -0.15) is 0 Å². The number of methoxy groups -OCH3 is 2. The molecule has 0 saturated carbocycles. The van der Waals surface area contributed by atoms with Gasteiger partial charge in [-0.1, -0.05) is 26.8 Å². The molecule has 0 aromatic heterocycles. The predicted molar refractivity (Wildman–Crippen MR) is 81.4 cm³/mol. The number of nitrogens with one attached hydrogen (secondary N) is 1. The summed E-state index contributed by atoms with van der Waals surface area (Å²) in [4.78, 5) is 0. The molecule has 0 amide bonds. The molecule has 0 aliphatic rings. The Labute approximate surface area is 122 Å². The maximum atomic E-state index is 10.5. The summed E-state index contributed by atoms with van der Waals surface area (Å²) in [6.45, 7) is 7.27. The zero-order chi connectivity index (χ0) is 15.1. The smallest absolute Gasteiger partial charge is 0.161 e. The summed E-state index contributed by atoms with van der Waals surface area (Å²) < 4.78 is 10.5. The number of aliphatic hydroxyl groups excluding tert-OH is 1. The fourth-order valence-electron chi connectivity index (χ4n) is 2.14. The Morgan fingerprint density at radius 1 is 1.15 bits per heavy atom. The van der Waals surface area contributed by atoms with Crippen molar-refractivity contribution < 1.29 is 14.6 Å². The van der Waals surface area contributed by atoms with Crippen LogP contribution in [0.25, 0.3) is 0 Å². The first-order valence-electron chi connectivity index (χ1n) is 7.16. The van der Waals surface area contributed by atoms with Gasteiger partial charge in [-0.3, -0.25) is 0 Å². The average Bonchev–Trinajstić information content (AvgIpc) is 2.46. The quantitative estimate of drug-likeness (QED) is 0.769. The van der Waals surface area contributed by atoms with Crippen molar-refractivity contribution in [3.63, 3.8) is 0 Å². The predicted octanol–water partition coefficient (Wildman–Crippen LogP) is 2.76. The minimum absolute atomic E-state index is 0.0375. The maximum Gasteiger partial charge on any atom is 0.161 e. The lowest BCUT2D eigenvalue weighted by Gasteiger charge is -2.25. The van der Waals surface area contributed by atoms with Crippen molar-refractivity contribution in [2.45, 2.75) is 39.3 Å². The number of hydrogen-bond donors (Lipinski definition) is 2.